The lowest BCUT2D eigenvalue weighted by molar-refractivity contribution is 0.397. The van der Waals surface area contributed by atoms with Gasteiger partial charge in [0.25, 0.3) is 47.6 Å². The third-order valence-corrected chi connectivity index (χ3v) is 11.0. The Labute approximate surface area is 350 Å². The van der Waals surface area contributed by atoms with Gasteiger partial charge < -0.3 is 0 Å². The Bertz CT molecular complexity index is 2760. The largest absolute Gasteiger partial charge is 0.252 e. The highest BCUT2D eigenvalue weighted by Crippen LogP contribution is 2.45. The number of hydrogen-bond acceptors (Lipinski definition) is 4. The number of benzene rings is 2. The summed E-state index contributed by atoms with van der Waals surface area (Å²) in [4.78, 5) is 9.98. The van der Waals surface area contributed by atoms with Gasteiger partial charge in [0.1, 0.15) is 0 Å². The first kappa shape index (κ1) is 45.4. The SMILES string of the molecule is Cc1cc2c(cc1C)C(Cc1c(F)c(F)nc(F)c1F)=C(c1c(F)c(F)nc(F)c1F)C2.Cc1cc2c(cc1C)C(Cc1c(F)c(F)nc(F)c1F)=C(c1c(F)c(F)nc(F)c1F)C2. The van der Waals surface area contributed by atoms with Gasteiger partial charge in [-0.2, -0.15) is 55.1 Å². The molecule has 2 aromatic carbocycles. The van der Waals surface area contributed by atoms with Gasteiger partial charge in [-0.15, -0.1) is 0 Å². The third kappa shape index (κ3) is 7.75. The van der Waals surface area contributed by atoms with Crippen molar-refractivity contribution in [3.05, 3.63) is 185 Å². The lowest BCUT2D eigenvalue weighted by atomic mass is 9.93. The standard InChI is InChI=1S/2C22H12F8N2/c2*1-7-3-9-5-12(14-17(25)21(29)32-22(30)18(14)26)11(10(9)4-8(7)2)6-13-15(23)19(27)31-20(28)16(13)24/h2*3-4H,5-6H2,1-2H3. The molecule has 0 aliphatic heterocycles. The maximum Gasteiger partial charge on any atom is 0.252 e. The van der Waals surface area contributed by atoms with Crippen molar-refractivity contribution in [1.82, 2.24) is 19.9 Å². The maximum absolute atomic E-state index is 14.5. The van der Waals surface area contributed by atoms with Gasteiger partial charge in [0.2, 0.25) is 0 Å². The van der Waals surface area contributed by atoms with E-state index in [9.17, 15) is 70.2 Å². The molecule has 6 aromatic rings. The Morgan fingerprint density at radius 2 is 0.578 bits per heavy atom. The Morgan fingerprint density at radius 1 is 0.344 bits per heavy atom. The monoisotopic (exact) mass is 912 g/mol. The van der Waals surface area contributed by atoms with Crippen LogP contribution in [0.2, 0.25) is 0 Å². The van der Waals surface area contributed by atoms with Crippen LogP contribution in [0, 0.1) is 122 Å². The average Bonchev–Trinajstić information content (AvgIpc) is 3.74. The summed E-state index contributed by atoms with van der Waals surface area (Å²) < 4.78 is 225. The van der Waals surface area contributed by atoms with E-state index in [1.54, 1.807) is 52.0 Å². The molecule has 0 saturated heterocycles. The summed E-state index contributed by atoms with van der Waals surface area (Å²) in [5.41, 5.74) is -0.912. The number of halogens is 16. The summed E-state index contributed by atoms with van der Waals surface area (Å²) in [6.45, 7) is 6.89. The van der Waals surface area contributed by atoms with Gasteiger partial charge in [0.15, 0.2) is 46.5 Å². The summed E-state index contributed by atoms with van der Waals surface area (Å²) in [5, 5.41) is 0. The quantitative estimate of drug-likeness (QED) is 0.123. The molecule has 20 heteroatoms. The molecule has 0 saturated carbocycles. The molecule has 8 rings (SSSR count). The minimum atomic E-state index is -1.91. The van der Waals surface area contributed by atoms with Crippen molar-refractivity contribution in [3.63, 3.8) is 0 Å². The second-order valence-electron chi connectivity index (χ2n) is 14.8. The zero-order valence-corrected chi connectivity index (χ0v) is 33.0. The summed E-state index contributed by atoms with van der Waals surface area (Å²) in [6.07, 6.45) is -2.21. The first-order chi connectivity index (χ1) is 30.0. The molecule has 0 spiro atoms. The van der Waals surface area contributed by atoms with Gasteiger partial charge in [-0.05, 0) is 107 Å². The highest BCUT2D eigenvalue weighted by atomic mass is 19.2. The fourth-order valence-corrected chi connectivity index (χ4v) is 7.64. The van der Waals surface area contributed by atoms with Gasteiger partial charge >= 0.3 is 0 Å². The molecule has 64 heavy (non-hydrogen) atoms. The molecule has 4 nitrogen and oxygen atoms in total. The van der Waals surface area contributed by atoms with E-state index in [0.717, 1.165) is 11.1 Å². The molecule has 0 atom stereocenters. The van der Waals surface area contributed by atoms with Crippen molar-refractivity contribution in [2.75, 3.05) is 0 Å². The Hall–Kier alpha value is -6.60. The molecule has 2 aliphatic carbocycles. The fourth-order valence-electron chi connectivity index (χ4n) is 7.64. The zero-order valence-electron chi connectivity index (χ0n) is 33.0. The van der Waals surface area contributed by atoms with Crippen LogP contribution in [0.4, 0.5) is 70.2 Å². The predicted molar refractivity (Wildman–Crippen MR) is 197 cm³/mol. The molecule has 0 amide bonds. The summed E-state index contributed by atoms with van der Waals surface area (Å²) in [7, 11) is 0. The normalized spacial score (nSPS) is 13.2. The lowest BCUT2D eigenvalue weighted by Gasteiger charge is -2.13. The average molecular weight is 913 g/mol. The maximum atomic E-state index is 14.5. The van der Waals surface area contributed by atoms with Crippen molar-refractivity contribution in [2.45, 2.75) is 53.4 Å². The van der Waals surface area contributed by atoms with Crippen molar-refractivity contribution in [3.8, 4) is 0 Å². The minimum absolute atomic E-state index is 0.145. The van der Waals surface area contributed by atoms with Crippen LogP contribution in [0.1, 0.15) is 66.8 Å². The molecule has 332 valence electrons. The summed E-state index contributed by atoms with van der Waals surface area (Å²) in [5.74, 6) is -29.6. The number of nitrogens with zero attached hydrogens (tertiary/aromatic N) is 4. The van der Waals surface area contributed by atoms with Gasteiger partial charge in [0, 0.05) is 24.0 Å². The van der Waals surface area contributed by atoms with E-state index in [1.807, 2.05) is 0 Å². The van der Waals surface area contributed by atoms with Crippen LogP contribution in [-0.4, -0.2) is 19.9 Å². The third-order valence-electron chi connectivity index (χ3n) is 11.0. The number of aryl methyl sites for hydroxylation is 4. The van der Waals surface area contributed by atoms with Gasteiger partial charge in [0.05, 0.1) is 11.1 Å². The zero-order chi connectivity index (χ0) is 47.0. The van der Waals surface area contributed by atoms with Crippen molar-refractivity contribution in [1.29, 1.82) is 0 Å². The Balaban J connectivity index is 0.000000191. The van der Waals surface area contributed by atoms with Crippen LogP contribution < -0.4 is 0 Å². The summed E-state index contributed by atoms with van der Waals surface area (Å²) in [6, 6.07) is 6.39. The van der Waals surface area contributed by atoms with Crippen molar-refractivity contribution >= 4 is 22.3 Å². The van der Waals surface area contributed by atoms with Crippen LogP contribution in [0.5, 0.6) is 0 Å². The molecule has 0 unspecified atom stereocenters. The van der Waals surface area contributed by atoms with Crippen LogP contribution in [0.25, 0.3) is 22.3 Å². The van der Waals surface area contributed by atoms with Crippen molar-refractivity contribution < 1.29 is 70.2 Å². The molecule has 2 aliphatic rings. The second kappa shape index (κ2) is 16.8. The van der Waals surface area contributed by atoms with Crippen LogP contribution >= 0.6 is 0 Å². The molecular formula is C44H24F16N4. The smallest absolute Gasteiger partial charge is 0.202 e. The van der Waals surface area contributed by atoms with Crippen LogP contribution in [0.3, 0.4) is 0 Å². The minimum Gasteiger partial charge on any atom is -0.202 e. The first-order valence-electron chi connectivity index (χ1n) is 18.5. The van der Waals surface area contributed by atoms with Crippen LogP contribution in [-0.2, 0) is 25.7 Å². The highest BCUT2D eigenvalue weighted by Gasteiger charge is 2.35. The Morgan fingerprint density at radius 3 is 0.844 bits per heavy atom. The van der Waals surface area contributed by atoms with E-state index in [4.69, 9.17) is 0 Å². The lowest BCUT2D eigenvalue weighted by Crippen LogP contribution is -2.09. The Kier molecular flexibility index (Phi) is 11.9. The van der Waals surface area contributed by atoms with Gasteiger partial charge in [-0.25, -0.2) is 35.1 Å². The number of rotatable bonds is 6. The second-order valence-corrected chi connectivity index (χ2v) is 14.8. The number of allylic oxidation sites excluding steroid dienone is 4. The highest BCUT2D eigenvalue weighted by molar-refractivity contribution is 5.99. The van der Waals surface area contributed by atoms with E-state index in [0.29, 0.717) is 22.3 Å². The first-order valence-corrected chi connectivity index (χ1v) is 18.5. The molecule has 0 N–H and O–H groups in total. The molecule has 0 bridgehead atoms. The van der Waals surface area contributed by atoms with E-state index in [-0.39, 0.29) is 46.3 Å². The van der Waals surface area contributed by atoms with Gasteiger partial charge in [-0.3, -0.25) is 0 Å². The topological polar surface area (TPSA) is 51.6 Å². The van der Waals surface area contributed by atoms with E-state index >= 15 is 0 Å². The van der Waals surface area contributed by atoms with Crippen LogP contribution in [0.15, 0.2) is 24.3 Å². The van der Waals surface area contributed by atoms with Gasteiger partial charge in [-0.1, -0.05) is 24.3 Å². The molecule has 0 radical (unpaired) electrons. The number of fused-ring (bicyclic) bond motifs is 2. The molecule has 4 aromatic heterocycles. The molecular weight excluding hydrogens is 888 g/mol. The van der Waals surface area contributed by atoms with E-state index < -0.39 is 129 Å². The van der Waals surface area contributed by atoms with Crippen molar-refractivity contribution in [2.24, 2.45) is 0 Å². The van der Waals surface area contributed by atoms with E-state index in [2.05, 4.69) is 19.9 Å². The molecule has 0 fully saturated rings. The number of aromatic nitrogens is 4. The number of pyridine rings is 4. The summed E-state index contributed by atoms with van der Waals surface area (Å²) >= 11 is 0. The van der Waals surface area contributed by atoms with E-state index in [1.165, 1.54) is 0 Å². The predicted octanol–water partition coefficient (Wildman–Crippen LogP) is 11.8. The molecule has 4 heterocycles. The number of hydrogen-bond donors (Lipinski definition) is 0. The fraction of sp³-hybridized carbons (Fsp3) is 0.182.